The first-order chi connectivity index (χ1) is 8.41. The number of benzene rings is 1. The van der Waals surface area contributed by atoms with Crippen LogP contribution in [0.3, 0.4) is 0 Å². The predicted octanol–water partition coefficient (Wildman–Crippen LogP) is 3.92. The Labute approximate surface area is 123 Å². The SMILES string of the molecule is Nc1ncc(-c2cc(Cl)c(Cl)c(Cl)c2Cl)c(N)n1. The Kier molecular flexibility index (Phi) is 3.73. The summed E-state index contributed by atoms with van der Waals surface area (Å²) < 4.78 is 0. The molecule has 0 bridgehead atoms. The largest absolute Gasteiger partial charge is 0.383 e. The molecule has 2 aromatic rings. The van der Waals surface area contributed by atoms with Crippen molar-refractivity contribution in [3.8, 4) is 11.1 Å². The van der Waals surface area contributed by atoms with Crippen LogP contribution in [0.25, 0.3) is 11.1 Å². The molecule has 0 saturated carbocycles. The maximum absolute atomic E-state index is 6.10. The Hall–Kier alpha value is -0.940. The van der Waals surface area contributed by atoms with E-state index in [9.17, 15) is 0 Å². The molecule has 0 aliphatic carbocycles. The molecule has 0 aliphatic rings. The summed E-state index contributed by atoms with van der Waals surface area (Å²) in [6.07, 6.45) is 1.44. The molecule has 0 saturated heterocycles. The Bertz CT molecular complexity index is 630. The van der Waals surface area contributed by atoms with Crippen LogP contribution in [0, 0.1) is 0 Å². The minimum absolute atomic E-state index is 0.0681. The van der Waals surface area contributed by atoms with E-state index in [0.717, 1.165) is 0 Å². The maximum Gasteiger partial charge on any atom is 0.221 e. The van der Waals surface area contributed by atoms with Gasteiger partial charge < -0.3 is 11.5 Å². The van der Waals surface area contributed by atoms with Crippen molar-refractivity contribution in [2.45, 2.75) is 0 Å². The summed E-state index contributed by atoms with van der Waals surface area (Å²) in [6, 6.07) is 1.54. The quantitative estimate of drug-likeness (QED) is 0.616. The average molecular weight is 324 g/mol. The molecule has 0 aliphatic heterocycles. The molecule has 1 heterocycles. The van der Waals surface area contributed by atoms with Crippen molar-refractivity contribution in [3.05, 3.63) is 32.4 Å². The van der Waals surface area contributed by atoms with E-state index in [1.54, 1.807) is 6.07 Å². The number of hydrogen-bond donors (Lipinski definition) is 2. The minimum atomic E-state index is 0.0681. The molecule has 4 N–H and O–H groups in total. The fourth-order valence-electron chi connectivity index (χ4n) is 1.39. The molecule has 0 amide bonds. The number of nitrogens with two attached hydrogens (primary N) is 2. The van der Waals surface area contributed by atoms with Crippen molar-refractivity contribution in [3.63, 3.8) is 0 Å². The minimum Gasteiger partial charge on any atom is -0.383 e. The smallest absolute Gasteiger partial charge is 0.221 e. The van der Waals surface area contributed by atoms with E-state index in [1.165, 1.54) is 6.20 Å². The lowest BCUT2D eigenvalue weighted by molar-refractivity contribution is 1.20. The lowest BCUT2D eigenvalue weighted by atomic mass is 10.1. The first-order valence-electron chi connectivity index (χ1n) is 4.63. The molecule has 4 nitrogen and oxygen atoms in total. The van der Waals surface area contributed by atoms with Gasteiger partial charge in [0.25, 0.3) is 0 Å². The third-order valence-electron chi connectivity index (χ3n) is 2.23. The molecule has 94 valence electrons. The molecule has 18 heavy (non-hydrogen) atoms. The van der Waals surface area contributed by atoms with E-state index in [4.69, 9.17) is 57.9 Å². The number of nitrogen functional groups attached to an aromatic ring is 2. The second-order valence-electron chi connectivity index (χ2n) is 3.38. The van der Waals surface area contributed by atoms with Gasteiger partial charge in [-0.3, -0.25) is 0 Å². The summed E-state index contributed by atoms with van der Waals surface area (Å²) in [5, 5.41) is 0.822. The molecular formula is C10H6Cl4N4. The van der Waals surface area contributed by atoms with E-state index < -0.39 is 0 Å². The molecule has 0 fully saturated rings. The van der Waals surface area contributed by atoms with Gasteiger partial charge in [-0.1, -0.05) is 46.4 Å². The summed E-state index contributed by atoms with van der Waals surface area (Å²) >= 11 is 23.9. The molecule has 0 spiro atoms. The van der Waals surface area contributed by atoms with E-state index in [-0.39, 0.29) is 31.9 Å². The van der Waals surface area contributed by atoms with Gasteiger partial charge in [-0.05, 0) is 6.07 Å². The van der Waals surface area contributed by atoms with Crippen LogP contribution in [-0.2, 0) is 0 Å². The number of nitrogens with zero attached hydrogens (tertiary/aromatic N) is 2. The van der Waals surface area contributed by atoms with Gasteiger partial charge in [-0.25, -0.2) is 4.98 Å². The topological polar surface area (TPSA) is 77.8 Å². The van der Waals surface area contributed by atoms with Gasteiger partial charge >= 0.3 is 0 Å². The summed E-state index contributed by atoms with van der Waals surface area (Å²) in [5.41, 5.74) is 12.1. The highest BCUT2D eigenvalue weighted by Crippen LogP contribution is 2.43. The van der Waals surface area contributed by atoms with Crippen LogP contribution in [0.2, 0.25) is 20.1 Å². The number of anilines is 2. The van der Waals surface area contributed by atoms with Gasteiger partial charge in [0.1, 0.15) is 5.82 Å². The van der Waals surface area contributed by atoms with E-state index in [2.05, 4.69) is 9.97 Å². The maximum atomic E-state index is 6.10. The molecular weight excluding hydrogens is 318 g/mol. The van der Waals surface area contributed by atoms with Crippen LogP contribution in [0.15, 0.2) is 12.3 Å². The van der Waals surface area contributed by atoms with Crippen molar-refractivity contribution in [1.82, 2.24) is 9.97 Å². The summed E-state index contributed by atoms with van der Waals surface area (Å²) in [5.74, 6) is 0.248. The lowest BCUT2D eigenvalue weighted by Gasteiger charge is -2.10. The van der Waals surface area contributed by atoms with Crippen LogP contribution in [0.1, 0.15) is 0 Å². The third-order valence-corrected chi connectivity index (χ3v) is 3.98. The number of rotatable bonds is 1. The zero-order valence-corrected chi connectivity index (χ0v) is 11.7. The zero-order valence-electron chi connectivity index (χ0n) is 8.72. The average Bonchev–Trinajstić information content (AvgIpc) is 2.32. The molecule has 0 radical (unpaired) electrons. The van der Waals surface area contributed by atoms with Gasteiger partial charge in [0.15, 0.2) is 0 Å². The zero-order chi connectivity index (χ0) is 13.4. The van der Waals surface area contributed by atoms with Crippen molar-refractivity contribution in [1.29, 1.82) is 0 Å². The normalized spacial score (nSPS) is 10.7. The van der Waals surface area contributed by atoms with Crippen LogP contribution in [-0.4, -0.2) is 9.97 Å². The number of aromatic nitrogens is 2. The van der Waals surface area contributed by atoms with Crippen LogP contribution < -0.4 is 11.5 Å². The van der Waals surface area contributed by atoms with Crippen molar-refractivity contribution in [2.75, 3.05) is 11.5 Å². The van der Waals surface area contributed by atoms with Crippen LogP contribution in [0.4, 0.5) is 11.8 Å². The Morgan fingerprint density at radius 1 is 0.889 bits per heavy atom. The lowest BCUT2D eigenvalue weighted by Crippen LogP contribution is -2.01. The third kappa shape index (κ3) is 2.29. The second-order valence-corrected chi connectivity index (χ2v) is 4.92. The molecule has 1 aromatic carbocycles. The number of halogens is 4. The highest BCUT2D eigenvalue weighted by molar-refractivity contribution is 6.52. The van der Waals surface area contributed by atoms with Crippen molar-refractivity contribution < 1.29 is 0 Å². The molecule has 1 aromatic heterocycles. The number of hydrogen-bond acceptors (Lipinski definition) is 4. The molecule has 2 rings (SSSR count). The van der Waals surface area contributed by atoms with Gasteiger partial charge in [0.2, 0.25) is 5.95 Å². The first kappa shape index (κ1) is 13.5. The van der Waals surface area contributed by atoms with Gasteiger partial charge in [0, 0.05) is 17.3 Å². The van der Waals surface area contributed by atoms with Gasteiger partial charge in [-0.2, -0.15) is 4.98 Å². The van der Waals surface area contributed by atoms with E-state index >= 15 is 0 Å². The van der Waals surface area contributed by atoms with E-state index in [0.29, 0.717) is 11.1 Å². The van der Waals surface area contributed by atoms with Crippen molar-refractivity contribution in [2.24, 2.45) is 0 Å². The van der Waals surface area contributed by atoms with Crippen molar-refractivity contribution >= 4 is 58.2 Å². The summed E-state index contributed by atoms with van der Waals surface area (Å²) in [7, 11) is 0. The van der Waals surface area contributed by atoms with Crippen LogP contribution >= 0.6 is 46.4 Å². The fraction of sp³-hybridized carbons (Fsp3) is 0. The Balaban J connectivity index is 2.72. The molecule has 0 atom stereocenters. The predicted molar refractivity (Wildman–Crippen MR) is 76.3 cm³/mol. The second kappa shape index (κ2) is 4.97. The highest BCUT2D eigenvalue weighted by atomic mass is 35.5. The summed E-state index contributed by atoms with van der Waals surface area (Å²) in [4.78, 5) is 7.69. The fourth-order valence-corrected chi connectivity index (χ4v) is 2.29. The van der Waals surface area contributed by atoms with Gasteiger partial charge in [0.05, 0.1) is 20.1 Å². The standard InChI is InChI=1S/C10H6Cl4N4/c11-5-1-3(6(12)8(14)7(5)13)4-2-17-10(16)18-9(4)15/h1-2H,(H4,15,16,17,18). The monoisotopic (exact) mass is 322 g/mol. The van der Waals surface area contributed by atoms with Crippen LogP contribution in [0.5, 0.6) is 0 Å². The highest BCUT2D eigenvalue weighted by Gasteiger charge is 2.17. The van der Waals surface area contributed by atoms with E-state index in [1.807, 2.05) is 0 Å². The van der Waals surface area contributed by atoms with Gasteiger partial charge in [-0.15, -0.1) is 0 Å². The summed E-state index contributed by atoms with van der Waals surface area (Å²) in [6.45, 7) is 0. The molecule has 8 heteroatoms. The molecule has 0 unspecified atom stereocenters. The Morgan fingerprint density at radius 3 is 2.17 bits per heavy atom. The Morgan fingerprint density at radius 2 is 1.56 bits per heavy atom. The first-order valence-corrected chi connectivity index (χ1v) is 6.14.